The maximum Gasteiger partial charge on any atom is 0.257 e. The molecule has 0 radical (unpaired) electrons. The predicted molar refractivity (Wildman–Crippen MR) is 80.7 cm³/mol. The van der Waals surface area contributed by atoms with Gasteiger partial charge in [0, 0.05) is 18.8 Å². The zero-order valence-electron chi connectivity index (χ0n) is 11.9. The van der Waals surface area contributed by atoms with E-state index in [0.717, 1.165) is 5.56 Å². The highest BCUT2D eigenvalue weighted by Gasteiger charge is 2.23. The fraction of sp³-hybridized carbons (Fsp3) is 0.250. The summed E-state index contributed by atoms with van der Waals surface area (Å²) in [5, 5.41) is -0.288. The average Bonchev–Trinajstić information content (AvgIpc) is 2.48. The highest BCUT2D eigenvalue weighted by atomic mass is 35.5. The molecule has 2 aromatic rings. The van der Waals surface area contributed by atoms with Crippen molar-refractivity contribution in [1.29, 1.82) is 0 Å². The first kappa shape index (κ1) is 15.4. The summed E-state index contributed by atoms with van der Waals surface area (Å²) < 4.78 is 14.0. The van der Waals surface area contributed by atoms with Crippen LogP contribution in [0.5, 0.6) is 0 Å². The van der Waals surface area contributed by atoms with Crippen LogP contribution in [0, 0.1) is 5.82 Å². The number of hydrogen-bond donors (Lipinski definition) is 0. The molecule has 1 aromatic carbocycles. The van der Waals surface area contributed by atoms with E-state index in [0.29, 0.717) is 6.54 Å². The zero-order chi connectivity index (χ0) is 15.4. The molecule has 3 nitrogen and oxygen atoms in total. The van der Waals surface area contributed by atoms with Crippen LogP contribution >= 0.6 is 11.6 Å². The van der Waals surface area contributed by atoms with Gasteiger partial charge in [0.15, 0.2) is 11.0 Å². The number of carbonyl (C=O) groups excluding carboxylic acids is 1. The van der Waals surface area contributed by atoms with E-state index in [4.69, 9.17) is 11.6 Å². The summed E-state index contributed by atoms with van der Waals surface area (Å²) in [6.45, 7) is 4.19. The van der Waals surface area contributed by atoms with Crippen molar-refractivity contribution in [1.82, 2.24) is 9.88 Å². The first-order valence-electron chi connectivity index (χ1n) is 6.65. The lowest BCUT2D eigenvalue weighted by molar-refractivity contribution is 0.0685. The Bertz CT molecular complexity index is 631. The van der Waals surface area contributed by atoms with Crippen molar-refractivity contribution in [2.24, 2.45) is 0 Å². The Kier molecular flexibility index (Phi) is 4.91. The van der Waals surface area contributed by atoms with Crippen molar-refractivity contribution < 1.29 is 9.18 Å². The molecular weight excluding hydrogens is 291 g/mol. The highest BCUT2D eigenvalue weighted by molar-refractivity contribution is 6.29. The van der Waals surface area contributed by atoms with Crippen LogP contribution in [-0.4, -0.2) is 21.8 Å². The Morgan fingerprint density at radius 1 is 1.29 bits per heavy atom. The Labute approximate surface area is 128 Å². The summed E-state index contributed by atoms with van der Waals surface area (Å²) in [6, 6.07) is 10.9. The highest BCUT2D eigenvalue weighted by Crippen LogP contribution is 2.19. The Hall–Kier alpha value is -1.94. The largest absolute Gasteiger partial charge is 0.332 e. The Balaban J connectivity index is 2.30. The molecule has 21 heavy (non-hydrogen) atoms. The van der Waals surface area contributed by atoms with Crippen molar-refractivity contribution in [2.75, 3.05) is 0 Å². The molecule has 0 fully saturated rings. The number of halogens is 2. The first-order valence-corrected chi connectivity index (χ1v) is 7.03. The van der Waals surface area contributed by atoms with Crippen molar-refractivity contribution in [3.8, 4) is 0 Å². The maximum atomic E-state index is 14.0. The molecule has 1 heterocycles. The lowest BCUT2D eigenvalue weighted by atomic mass is 10.1. The fourth-order valence-corrected chi connectivity index (χ4v) is 2.17. The van der Waals surface area contributed by atoms with Gasteiger partial charge >= 0.3 is 0 Å². The van der Waals surface area contributed by atoms with E-state index in [1.807, 2.05) is 44.2 Å². The van der Waals surface area contributed by atoms with Crippen LogP contribution in [0.25, 0.3) is 0 Å². The predicted octanol–water partition coefficient (Wildman–Crippen LogP) is 3.92. The average molecular weight is 307 g/mol. The lowest BCUT2D eigenvalue weighted by Gasteiger charge is -2.27. The molecule has 0 N–H and O–H groups in total. The van der Waals surface area contributed by atoms with Crippen LogP contribution in [0.2, 0.25) is 5.15 Å². The Morgan fingerprint density at radius 2 is 1.95 bits per heavy atom. The van der Waals surface area contributed by atoms with Gasteiger partial charge in [0.25, 0.3) is 5.91 Å². The molecule has 5 heteroatoms. The molecule has 110 valence electrons. The number of carbonyl (C=O) groups is 1. The second-order valence-electron chi connectivity index (χ2n) is 4.98. The number of aromatic nitrogens is 1. The topological polar surface area (TPSA) is 33.2 Å². The van der Waals surface area contributed by atoms with Gasteiger partial charge in [0.1, 0.15) is 0 Å². The fourth-order valence-electron chi connectivity index (χ4n) is 2.01. The second kappa shape index (κ2) is 6.68. The third-order valence-corrected chi connectivity index (χ3v) is 3.42. The number of hydrogen-bond acceptors (Lipinski definition) is 2. The molecule has 0 aliphatic heterocycles. The van der Waals surface area contributed by atoms with Gasteiger partial charge in [0.05, 0.1) is 5.56 Å². The third-order valence-electron chi connectivity index (χ3n) is 3.16. The number of amides is 1. The number of rotatable bonds is 4. The SMILES string of the molecule is CC(C)N(Cc1ccccc1)C(=O)c1ccnc(Cl)c1F. The van der Waals surface area contributed by atoms with Gasteiger partial charge in [-0.3, -0.25) is 4.79 Å². The van der Waals surface area contributed by atoms with Crippen LogP contribution in [0.1, 0.15) is 29.8 Å². The second-order valence-corrected chi connectivity index (χ2v) is 5.33. The van der Waals surface area contributed by atoms with E-state index < -0.39 is 11.7 Å². The van der Waals surface area contributed by atoms with E-state index in [1.165, 1.54) is 12.3 Å². The minimum absolute atomic E-state index is 0.0559. The molecule has 0 saturated heterocycles. The summed E-state index contributed by atoms with van der Waals surface area (Å²) >= 11 is 5.65. The molecule has 0 aliphatic carbocycles. The first-order chi connectivity index (χ1) is 10.0. The normalized spacial score (nSPS) is 10.7. The quantitative estimate of drug-likeness (QED) is 0.802. The minimum Gasteiger partial charge on any atom is -0.332 e. The summed E-state index contributed by atoms with van der Waals surface area (Å²) in [7, 11) is 0. The molecule has 1 aromatic heterocycles. The van der Waals surface area contributed by atoms with Crippen LogP contribution < -0.4 is 0 Å². The standard InChI is InChI=1S/C16H16ClFN2O/c1-11(2)20(10-12-6-4-3-5-7-12)16(21)13-8-9-19-15(17)14(13)18/h3-9,11H,10H2,1-2H3. The summed E-state index contributed by atoms with van der Waals surface area (Å²) in [4.78, 5) is 17.8. The smallest absolute Gasteiger partial charge is 0.257 e. The molecule has 0 saturated carbocycles. The summed E-state index contributed by atoms with van der Waals surface area (Å²) in [6.07, 6.45) is 1.33. The van der Waals surface area contributed by atoms with Gasteiger partial charge in [-0.25, -0.2) is 9.37 Å². The van der Waals surface area contributed by atoms with Gasteiger partial charge < -0.3 is 4.90 Å². The Morgan fingerprint density at radius 3 is 2.57 bits per heavy atom. The molecule has 0 spiro atoms. The van der Waals surface area contributed by atoms with Crippen LogP contribution in [0.4, 0.5) is 4.39 Å². The third kappa shape index (κ3) is 3.58. The van der Waals surface area contributed by atoms with Crippen LogP contribution in [0.3, 0.4) is 0 Å². The van der Waals surface area contributed by atoms with E-state index >= 15 is 0 Å². The number of nitrogens with zero attached hydrogens (tertiary/aromatic N) is 2. The monoisotopic (exact) mass is 306 g/mol. The molecule has 1 amide bonds. The number of pyridine rings is 1. The van der Waals surface area contributed by atoms with Crippen LogP contribution in [-0.2, 0) is 6.54 Å². The van der Waals surface area contributed by atoms with Gasteiger partial charge in [-0.1, -0.05) is 41.9 Å². The molecule has 0 aliphatic rings. The van der Waals surface area contributed by atoms with Crippen molar-refractivity contribution in [3.63, 3.8) is 0 Å². The van der Waals surface area contributed by atoms with Gasteiger partial charge in [0.2, 0.25) is 0 Å². The van der Waals surface area contributed by atoms with Gasteiger partial charge in [-0.15, -0.1) is 0 Å². The van der Waals surface area contributed by atoms with Crippen molar-refractivity contribution in [3.05, 3.63) is 64.7 Å². The zero-order valence-corrected chi connectivity index (χ0v) is 12.6. The van der Waals surface area contributed by atoms with Crippen LogP contribution in [0.15, 0.2) is 42.6 Å². The maximum absolute atomic E-state index is 14.0. The summed E-state index contributed by atoms with van der Waals surface area (Å²) in [5.41, 5.74) is 0.930. The minimum atomic E-state index is -0.775. The summed E-state index contributed by atoms with van der Waals surface area (Å²) in [5.74, 6) is -1.17. The van der Waals surface area contributed by atoms with E-state index in [9.17, 15) is 9.18 Å². The molecule has 0 atom stereocenters. The number of benzene rings is 1. The van der Waals surface area contributed by atoms with E-state index in [1.54, 1.807) is 4.90 Å². The van der Waals surface area contributed by atoms with Gasteiger partial charge in [-0.05, 0) is 25.5 Å². The molecule has 2 rings (SSSR count). The van der Waals surface area contributed by atoms with Gasteiger partial charge in [-0.2, -0.15) is 0 Å². The van der Waals surface area contributed by atoms with E-state index in [2.05, 4.69) is 4.98 Å². The van der Waals surface area contributed by atoms with Crippen molar-refractivity contribution in [2.45, 2.75) is 26.4 Å². The molecular formula is C16H16ClFN2O. The molecule has 0 bridgehead atoms. The lowest BCUT2D eigenvalue weighted by Crippen LogP contribution is -2.37. The molecule has 0 unspecified atom stereocenters. The van der Waals surface area contributed by atoms with E-state index in [-0.39, 0.29) is 16.8 Å². The van der Waals surface area contributed by atoms with Crippen molar-refractivity contribution >= 4 is 17.5 Å².